The Balaban J connectivity index is 2.00. The van der Waals surface area contributed by atoms with Crippen molar-refractivity contribution in [2.75, 3.05) is 6.61 Å². The van der Waals surface area contributed by atoms with Crippen LogP contribution < -0.4 is 5.56 Å². The molecule has 31 heavy (non-hydrogen) atoms. The maximum absolute atomic E-state index is 13.8. The number of hydrogen-bond acceptors (Lipinski definition) is 5. The smallest absolute Gasteiger partial charge is 0.331 e. The molecule has 0 aliphatic carbocycles. The van der Waals surface area contributed by atoms with Gasteiger partial charge in [-0.1, -0.05) is 50.2 Å². The number of rotatable bonds is 5. The summed E-state index contributed by atoms with van der Waals surface area (Å²) in [7, 11) is 0. The second-order valence-electron chi connectivity index (χ2n) is 8.44. The third-order valence-electron chi connectivity index (χ3n) is 5.54. The van der Waals surface area contributed by atoms with Crippen LogP contribution in [-0.2, 0) is 15.1 Å². The van der Waals surface area contributed by atoms with Crippen LogP contribution in [-0.4, -0.2) is 22.1 Å². The molecule has 0 aliphatic heterocycles. The van der Waals surface area contributed by atoms with Crippen LogP contribution in [0.15, 0.2) is 52.6 Å². The van der Waals surface area contributed by atoms with E-state index in [0.717, 1.165) is 21.9 Å². The number of hydrogen-bond donors (Lipinski definition) is 0. The Morgan fingerprint density at radius 2 is 1.87 bits per heavy atom. The summed E-state index contributed by atoms with van der Waals surface area (Å²) in [6, 6.07) is 14.3. The molecule has 6 heteroatoms. The van der Waals surface area contributed by atoms with E-state index in [1.807, 2.05) is 37.4 Å². The predicted molar refractivity (Wildman–Crippen MR) is 127 cm³/mol. The molecule has 0 saturated heterocycles. The van der Waals surface area contributed by atoms with Crippen LogP contribution in [0.3, 0.4) is 0 Å². The van der Waals surface area contributed by atoms with Crippen LogP contribution in [0.1, 0.15) is 46.4 Å². The van der Waals surface area contributed by atoms with E-state index in [0.29, 0.717) is 16.0 Å². The first-order valence-electron chi connectivity index (χ1n) is 10.5. The number of nitrogens with zero attached hydrogens (tertiary/aromatic N) is 2. The van der Waals surface area contributed by atoms with E-state index in [4.69, 9.17) is 9.72 Å². The lowest BCUT2D eigenvalue weighted by atomic mass is 10.00. The van der Waals surface area contributed by atoms with E-state index in [1.165, 1.54) is 15.9 Å². The number of benzene rings is 2. The van der Waals surface area contributed by atoms with Gasteiger partial charge in [0.25, 0.3) is 5.56 Å². The zero-order chi connectivity index (χ0) is 22.3. The normalized spacial score (nSPS) is 12.1. The quantitative estimate of drug-likeness (QED) is 0.378. The van der Waals surface area contributed by atoms with Crippen LogP contribution in [0.2, 0.25) is 0 Å². The Bertz CT molecular complexity index is 1350. The highest BCUT2D eigenvalue weighted by Crippen LogP contribution is 2.34. The standard InChI is InChI=1S/C25H26N2O3S/c1-6-30-24(29)25(4,5)27-21(15(2)3)26-22-20(23(27)28)19(14-31-22)18-12-11-16-9-7-8-10-17(16)13-18/h7-15H,6H2,1-5H3. The van der Waals surface area contributed by atoms with Crippen molar-refractivity contribution in [2.24, 2.45) is 0 Å². The highest BCUT2D eigenvalue weighted by Gasteiger charge is 2.36. The third-order valence-corrected chi connectivity index (χ3v) is 6.42. The average Bonchev–Trinajstić information content (AvgIpc) is 3.17. The Hall–Kier alpha value is -2.99. The predicted octanol–water partition coefficient (Wildman–Crippen LogP) is 5.70. The first-order valence-corrected chi connectivity index (χ1v) is 11.3. The number of carbonyl (C=O) groups excluding carboxylic acids is 1. The van der Waals surface area contributed by atoms with Gasteiger partial charge in [0.05, 0.1) is 12.0 Å². The highest BCUT2D eigenvalue weighted by molar-refractivity contribution is 7.17. The van der Waals surface area contributed by atoms with Crippen molar-refractivity contribution >= 4 is 38.3 Å². The molecule has 0 unspecified atom stereocenters. The molecule has 160 valence electrons. The second-order valence-corrected chi connectivity index (χ2v) is 9.29. The van der Waals surface area contributed by atoms with Crippen molar-refractivity contribution in [2.45, 2.75) is 46.1 Å². The minimum atomic E-state index is -1.17. The van der Waals surface area contributed by atoms with E-state index in [1.54, 1.807) is 20.8 Å². The minimum absolute atomic E-state index is 0.0305. The van der Waals surface area contributed by atoms with Crippen molar-refractivity contribution in [1.29, 1.82) is 0 Å². The van der Waals surface area contributed by atoms with Gasteiger partial charge >= 0.3 is 5.97 Å². The van der Waals surface area contributed by atoms with Crippen LogP contribution in [0.25, 0.3) is 32.1 Å². The minimum Gasteiger partial charge on any atom is -0.464 e. The van der Waals surface area contributed by atoms with Crippen molar-refractivity contribution in [1.82, 2.24) is 9.55 Å². The van der Waals surface area contributed by atoms with Crippen LogP contribution >= 0.6 is 11.3 Å². The number of fused-ring (bicyclic) bond motifs is 2. The summed E-state index contributed by atoms with van der Waals surface area (Å²) in [4.78, 5) is 32.1. The second kappa shape index (κ2) is 7.93. The molecule has 5 nitrogen and oxygen atoms in total. The molecular formula is C25H26N2O3S. The molecular weight excluding hydrogens is 408 g/mol. The zero-order valence-electron chi connectivity index (χ0n) is 18.4. The lowest BCUT2D eigenvalue weighted by Gasteiger charge is -2.28. The maximum atomic E-state index is 13.8. The molecule has 2 heterocycles. The van der Waals surface area contributed by atoms with E-state index in [9.17, 15) is 9.59 Å². The molecule has 2 aromatic carbocycles. The summed E-state index contributed by atoms with van der Waals surface area (Å²) in [6.07, 6.45) is 0. The molecule has 0 amide bonds. The monoisotopic (exact) mass is 434 g/mol. The molecule has 0 radical (unpaired) electrons. The van der Waals surface area contributed by atoms with Gasteiger partial charge in [-0.05, 0) is 43.2 Å². The number of thiophene rings is 1. The third kappa shape index (κ3) is 3.55. The van der Waals surface area contributed by atoms with E-state index in [2.05, 4.69) is 24.3 Å². The molecule has 2 aromatic heterocycles. The van der Waals surface area contributed by atoms with Crippen molar-refractivity contribution in [3.05, 3.63) is 64.0 Å². The number of carbonyl (C=O) groups is 1. The van der Waals surface area contributed by atoms with E-state index >= 15 is 0 Å². The fourth-order valence-electron chi connectivity index (χ4n) is 3.90. The summed E-state index contributed by atoms with van der Waals surface area (Å²) < 4.78 is 6.81. The fraction of sp³-hybridized carbons (Fsp3) is 0.320. The molecule has 0 aliphatic rings. The van der Waals surface area contributed by atoms with Crippen molar-refractivity contribution in [3.8, 4) is 11.1 Å². The largest absolute Gasteiger partial charge is 0.464 e. The van der Waals surface area contributed by atoms with Gasteiger partial charge in [-0.3, -0.25) is 9.36 Å². The molecule has 0 N–H and O–H groups in total. The van der Waals surface area contributed by atoms with Gasteiger partial charge < -0.3 is 4.74 Å². The van der Waals surface area contributed by atoms with Gasteiger partial charge in [-0.25, -0.2) is 9.78 Å². The summed E-state index contributed by atoms with van der Waals surface area (Å²) in [5, 5.41) is 4.78. The lowest BCUT2D eigenvalue weighted by molar-refractivity contribution is -0.152. The van der Waals surface area contributed by atoms with Gasteiger partial charge in [-0.2, -0.15) is 0 Å². The summed E-state index contributed by atoms with van der Waals surface area (Å²) in [5.74, 6) is 0.113. The zero-order valence-corrected chi connectivity index (χ0v) is 19.2. The van der Waals surface area contributed by atoms with Crippen LogP contribution in [0.4, 0.5) is 0 Å². The molecule has 0 bridgehead atoms. The maximum Gasteiger partial charge on any atom is 0.331 e. The van der Waals surface area contributed by atoms with Crippen molar-refractivity contribution < 1.29 is 9.53 Å². The summed E-state index contributed by atoms with van der Waals surface area (Å²) >= 11 is 1.46. The number of ether oxygens (including phenoxy) is 1. The SMILES string of the molecule is CCOC(=O)C(C)(C)n1c(C(C)C)nc2scc(-c3ccc4ccccc4c3)c2c1=O. The lowest BCUT2D eigenvalue weighted by Crippen LogP contribution is -2.46. The topological polar surface area (TPSA) is 61.2 Å². The average molecular weight is 435 g/mol. The first kappa shape index (κ1) is 21.2. The molecule has 0 fully saturated rings. The summed E-state index contributed by atoms with van der Waals surface area (Å²) in [6.45, 7) is 9.40. The van der Waals surface area contributed by atoms with Crippen LogP contribution in [0.5, 0.6) is 0 Å². The van der Waals surface area contributed by atoms with Crippen molar-refractivity contribution in [3.63, 3.8) is 0 Å². The van der Waals surface area contributed by atoms with Gasteiger partial charge in [-0.15, -0.1) is 11.3 Å². The molecule has 4 aromatic rings. The Kier molecular flexibility index (Phi) is 5.43. The Morgan fingerprint density at radius 1 is 1.16 bits per heavy atom. The Morgan fingerprint density at radius 3 is 2.55 bits per heavy atom. The molecule has 4 rings (SSSR count). The molecule has 0 atom stereocenters. The number of esters is 1. The van der Waals surface area contributed by atoms with Gasteiger partial charge in [0.15, 0.2) is 0 Å². The molecule has 0 saturated carbocycles. The van der Waals surface area contributed by atoms with Gasteiger partial charge in [0.1, 0.15) is 16.2 Å². The molecule has 0 spiro atoms. The van der Waals surface area contributed by atoms with E-state index in [-0.39, 0.29) is 18.1 Å². The van der Waals surface area contributed by atoms with Gasteiger partial charge in [0.2, 0.25) is 0 Å². The van der Waals surface area contributed by atoms with Crippen LogP contribution in [0, 0.1) is 0 Å². The number of aromatic nitrogens is 2. The Labute approximate surface area is 185 Å². The van der Waals surface area contributed by atoms with E-state index < -0.39 is 11.5 Å². The van der Waals surface area contributed by atoms with Gasteiger partial charge in [0, 0.05) is 16.9 Å². The first-order chi connectivity index (χ1) is 14.8. The highest BCUT2D eigenvalue weighted by atomic mass is 32.1. The summed E-state index contributed by atoms with van der Waals surface area (Å²) in [5.41, 5.74) is 0.418. The fourth-order valence-corrected chi connectivity index (χ4v) is 4.85.